The highest BCUT2D eigenvalue weighted by atomic mass is 127. The number of aliphatic hydroxyl groups excluding tert-OH is 1. The summed E-state index contributed by atoms with van der Waals surface area (Å²) in [6, 6.07) is 0. The molecule has 0 saturated heterocycles. The number of allylic oxidation sites excluding steroid dienone is 2. The maximum atomic E-state index is 10.9. The number of carbonyl (C=O) groups is 1. The van der Waals surface area contributed by atoms with Crippen molar-refractivity contribution in [3.63, 3.8) is 0 Å². The molecule has 66 valence electrons. The number of rotatable bonds is 1. The van der Waals surface area contributed by atoms with Gasteiger partial charge in [0.1, 0.15) is 6.10 Å². The van der Waals surface area contributed by atoms with Gasteiger partial charge in [0.2, 0.25) is 0 Å². The van der Waals surface area contributed by atoms with E-state index in [2.05, 4.69) is 0 Å². The van der Waals surface area contributed by atoms with E-state index in [4.69, 9.17) is 0 Å². The predicted octanol–water partition coefficient (Wildman–Crippen LogP) is 0.556. The molecule has 0 aromatic rings. The van der Waals surface area contributed by atoms with E-state index in [0.29, 0.717) is 0 Å². The third-order valence-electron chi connectivity index (χ3n) is 1.83. The van der Waals surface area contributed by atoms with Gasteiger partial charge in [-0.2, -0.15) is 0 Å². The largest absolute Gasteiger partial charge is 0.385 e. The van der Waals surface area contributed by atoms with Crippen molar-refractivity contribution in [2.45, 2.75) is 18.6 Å². The van der Waals surface area contributed by atoms with E-state index in [0.717, 1.165) is 3.58 Å². The normalized spacial score (nSPS) is 34.7. The van der Waals surface area contributed by atoms with E-state index in [9.17, 15) is 15.0 Å². The van der Waals surface area contributed by atoms with E-state index >= 15 is 0 Å². The summed E-state index contributed by atoms with van der Waals surface area (Å²) in [4.78, 5) is 10.9. The van der Waals surface area contributed by atoms with Gasteiger partial charge in [0.05, 0.1) is 0 Å². The lowest BCUT2D eigenvalue weighted by molar-refractivity contribution is -0.137. The summed E-state index contributed by atoms with van der Waals surface area (Å²) in [6.45, 7) is 1.25. The van der Waals surface area contributed by atoms with Crippen molar-refractivity contribution >= 4 is 28.4 Å². The summed E-state index contributed by atoms with van der Waals surface area (Å²) in [5.74, 6) is -0.452. The zero-order valence-electron chi connectivity index (χ0n) is 6.49. The number of hydrogen-bond acceptors (Lipinski definition) is 3. The molecule has 0 unspecified atom stereocenters. The summed E-state index contributed by atoms with van der Waals surface area (Å²) >= 11 is 2.00. The van der Waals surface area contributed by atoms with Crippen LogP contribution in [0.1, 0.15) is 6.92 Å². The molecule has 0 heterocycles. The first-order valence-electron chi connectivity index (χ1n) is 3.45. The second kappa shape index (κ2) is 3.27. The Labute approximate surface area is 83.9 Å². The van der Waals surface area contributed by atoms with Crippen LogP contribution < -0.4 is 0 Å². The number of ketones is 1. The Bertz CT molecular complexity index is 269. The van der Waals surface area contributed by atoms with Gasteiger partial charge in [-0.05, 0) is 47.7 Å². The molecule has 0 saturated carbocycles. The van der Waals surface area contributed by atoms with E-state index in [1.165, 1.54) is 19.1 Å². The Hall–Kier alpha value is -0.200. The minimum Gasteiger partial charge on any atom is -0.385 e. The zero-order valence-corrected chi connectivity index (χ0v) is 8.65. The quantitative estimate of drug-likeness (QED) is 0.690. The Balaban J connectivity index is 2.99. The first-order chi connectivity index (χ1) is 5.47. The molecule has 0 spiro atoms. The van der Waals surface area contributed by atoms with Gasteiger partial charge < -0.3 is 10.2 Å². The molecule has 0 aliphatic heterocycles. The summed E-state index contributed by atoms with van der Waals surface area (Å²) in [5.41, 5.74) is -1.73. The first kappa shape index (κ1) is 9.88. The van der Waals surface area contributed by atoms with Crippen molar-refractivity contribution in [1.82, 2.24) is 0 Å². The van der Waals surface area contributed by atoms with Crippen LogP contribution in [0.4, 0.5) is 0 Å². The molecular formula is C8H9IO3. The summed E-state index contributed by atoms with van der Waals surface area (Å²) < 4.78 is 0.811. The van der Waals surface area contributed by atoms with Crippen molar-refractivity contribution in [3.05, 3.63) is 21.8 Å². The smallest absolute Gasteiger partial charge is 0.170 e. The van der Waals surface area contributed by atoms with Crippen LogP contribution in [0.2, 0.25) is 0 Å². The minimum absolute atomic E-state index is 0.452. The Morgan fingerprint density at radius 3 is 2.75 bits per heavy atom. The van der Waals surface area contributed by atoms with E-state index in [1.807, 2.05) is 22.6 Å². The number of aliphatic hydroxyl groups is 2. The lowest BCUT2D eigenvalue weighted by Crippen LogP contribution is -2.46. The summed E-state index contributed by atoms with van der Waals surface area (Å²) in [7, 11) is 0. The van der Waals surface area contributed by atoms with Crippen LogP contribution in [-0.4, -0.2) is 27.7 Å². The highest BCUT2D eigenvalue weighted by Crippen LogP contribution is 2.25. The van der Waals surface area contributed by atoms with Gasteiger partial charge in [-0.15, -0.1) is 0 Å². The number of Topliss-reactive ketones (excluding diaryl/α,β-unsaturated/α-hetero) is 1. The number of carbonyl (C=O) groups excluding carboxylic acids is 1. The lowest BCUT2D eigenvalue weighted by Gasteiger charge is -2.27. The first-order valence-corrected chi connectivity index (χ1v) is 4.53. The molecule has 0 aromatic carbocycles. The Kier molecular flexibility index (Phi) is 2.70. The molecule has 12 heavy (non-hydrogen) atoms. The minimum atomic E-state index is -1.73. The highest BCUT2D eigenvalue weighted by Gasteiger charge is 2.38. The highest BCUT2D eigenvalue weighted by molar-refractivity contribution is 14.1. The van der Waals surface area contributed by atoms with Crippen molar-refractivity contribution in [1.29, 1.82) is 0 Å². The maximum absolute atomic E-state index is 10.9. The van der Waals surface area contributed by atoms with E-state index in [1.54, 1.807) is 6.08 Å². The van der Waals surface area contributed by atoms with Crippen molar-refractivity contribution < 1.29 is 15.0 Å². The van der Waals surface area contributed by atoms with Crippen molar-refractivity contribution in [3.8, 4) is 0 Å². The molecule has 0 fully saturated rings. The average Bonchev–Trinajstić information content (AvgIpc) is 1.97. The van der Waals surface area contributed by atoms with Crippen LogP contribution in [0.5, 0.6) is 0 Å². The molecule has 1 rings (SSSR count). The van der Waals surface area contributed by atoms with Gasteiger partial charge in [-0.1, -0.05) is 0 Å². The molecule has 0 aromatic heterocycles. The second-order valence-electron chi connectivity index (χ2n) is 2.71. The lowest BCUT2D eigenvalue weighted by atomic mass is 9.89. The summed E-state index contributed by atoms with van der Waals surface area (Å²) in [5, 5.41) is 19.0. The van der Waals surface area contributed by atoms with Crippen LogP contribution in [0, 0.1) is 0 Å². The molecule has 0 amide bonds. The molecule has 3 nitrogen and oxygen atoms in total. The van der Waals surface area contributed by atoms with Crippen LogP contribution in [0.15, 0.2) is 21.8 Å². The fourth-order valence-electron chi connectivity index (χ4n) is 0.964. The van der Waals surface area contributed by atoms with Crippen LogP contribution in [0.25, 0.3) is 0 Å². The molecule has 0 radical (unpaired) electrons. The van der Waals surface area contributed by atoms with Gasteiger partial charge in [-0.3, -0.25) is 4.79 Å². The topological polar surface area (TPSA) is 57.5 Å². The van der Waals surface area contributed by atoms with Crippen LogP contribution in [0.3, 0.4) is 0 Å². The Morgan fingerprint density at radius 2 is 2.33 bits per heavy atom. The van der Waals surface area contributed by atoms with Crippen molar-refractivity contribution in [2.75, 3.05) is 0 Å². The molecule has 1 aliphatic rings. The van der Waals surface area contributed by atoms with E-state index < -0.39 is 17.5 Å². The number of hydrogen-bond donors (Lipinski definition) is 2. The second-order valence-corrected chi connectivity index (χ2v) is 3.96. The number of halogens is 1. The maximum Gasteiger partial charge on any atom is 0.170 e. The Morgan fingerprint density at radius 1 is 1.75 bits per heavy atom. The fourth-order valence-corrected chi connectivity index (χ4v) is 1.48. The molecule has 0 bridgehead atoms. The zero-order chi connectivity index (χ0) is 9.35. The SMILES string of the molecule is CC(=O)[C@@]1(O)C=CC(I)=C[C@H]1O. The standard InChI is InChI=1S/C8H9IO3/c1-5(10)8(12)3-2-6(9)4-7(8)11/h2-4,7,11-12H,1H3/t7-,8+/m1/s1. The fraction of sp³-hybridized carbons (Fsp3) is 0.375. The third kappa shape index (κ3) is 1.60. The molecule has 2 atom stereocenters. The molecular weight excluding hydrogens is 271 g/mol. The van der Waals surface area contributed by atoms with E-state index in [-0.39, 0.29) is 0 Å². The van der Waals surface area contributed by atoms with Gasteiger partial charge in [0, 0.05) is 3.58 Å². The van der Waals surface area contributed by atoms with Gasteiger partial charge in [-0.25, -0.2) is 0 Å². The van der Waals surface area contributed by atoms with Gasteiger partial charge >= 0.3 is 0 Å². The third-order valence-corrected chi connectivity index (χ3v) is 2.55. The molecule has 2 N–H and O–H groups in total. The molecule has 4 heteroatoms. The van der Waals surface area contributed by atoms with Crippen LogP contribution in [-0.2, 0) is 4.79 Å². The van der Waals surface area contributed by atoms with Crippen molar-refractivity contribution in [2.24, 2.45) is 0 Å². The van der Waals surface area contributed by atoms with Gasteiger partial charge in [0.15, 0.2) is 11.4 Å². The molecule has 1 aliphatic carbocycles. The average molecular weight is 280 g/mol. The monoisotopic (exact) mass is 280 g/mol. The summed E-state index contributed by atoms with van der Waals surface area (Å²) in [6.07, 6.45) is 3.24. The van der Waals surface area contributed by atoms with Gasteiger partial charge in [0.25, 0.3) is 0 Å². The van der Waals surface area contributed by atoms with Crippen LogP contribution >= 0.6 is 22.6 Å². The predicted molar refractivity (Wildman–Crippen MR) is 52.9 cm³/mol.